The molecule has 3 aromatic rings. The molecule has 4 nitrogen and oxygen atoms in total. The van der Waals surface area contributed by atoms with E-state index in [-0.39, 0.29) is 0 Å². The van der Waals surface area contributed by atoms with E-state index in [2.05, 4.69) is 26.7 Å². The lowest BCUT2D eigenvalue weighted by Gasteiger charge is -2.08. The minimum atomic E-state index is 0.633. The van der Waals surface area contributed by atoms with Gasteiger partial charge in [0.05, 0.1) is 5.52 Å². The van der Waals surface area contributed by atoms with Crippen LogP contribution in [-0.4, -0.2) is 14.5 Å². The smallest absolute Gasteiger partial charge is 0.234 e. The van der Waals surface area contributed by atoms with Crippen molar-refractivity contribution >= 4 is 16.6 Å². The van der Waals surface area contributed by atoms with Gasteiger partial charge in [0, 0.05) is 29.2 Å². The van der Waals surface area contributed by atoms with Gasteiger partial charge in [-0.2, -0.15) is 0 Å². The van der Waals surface area contributed by atoms with E-state index in [1.165, 1.54) is 18.5 Å². The third-order valence-electron chi connectivity index (χ3n) is 3.82. The Morgan fingerprint density at radius 2 is 1.90 bits per heavy atom. The van der Waals surface area contributed by atoms with Crippen molar-refractivity contribution in [1.82, 2.24) is 14.5 Å². The molecule has 0 atom stereocenters. The highest BCUT2D eigenvalue weighted by molar-refractivity contribution is 5.86. The number of fused-ring (bicyclic) bond motifs is 1. The first-order chi connectivity index (χ1) is 9.72. The largest absolute Gasteiger partial charge is 0.399 e. The fourth-order valence-corrected chi connectivity index (χ4v) is 2.66. The van der Waals surface area contributed by atoms with Crippen molar-refractivity contribution in [2.45, 2.75) is 25.7 Å². The summed E-state index contributed by atoms with van der Waals surface area (Å²) in [5, 5.41) is 1.16. The SMILES string of the molecule is Cc1cnc(-n2c(C3CC3)cc3cc(N)ccc32)nc1. The number of nitrogens with two attached hydrogens (primary N) is 1. The van der Waals surface area contributed by atoms with Crippen LogP contribution < -0.4 is 5.73 Å². The number of nitrogens with zero attached hydrogens (tertiary/aromatic N) is 3. The van der Waals surface area contributed by atoms with E-state index in [0.29, 0.717) is 5.92 Å². The molecule has 1 aliphatic carbocycles. The summed E-state index contributed by atoms with van der Waals surface area (Å²) < 4.78 is 2.17. The highest BCUT2D eigenvalue weighted by Crippen LogP contribution is 2.43. The molecule has 0 radical (unpaired) electrons. The molecular formula is C16H16N4. The third-order valence-corrected chi connectivity index (χ3v) is 3.82. The van der Waals surface area contributed by atoms with Crippen LogP contribution in [0.2, 0.25) is 0 Å². The molecule has 2 heterocycles. The topological polar surface area (TPSA) is 56.7 Å². The fourth-order valence-electron chi connectivity index (χ4n) is 2.66. The number of benzene rings is 1. The lowest BCUT2D eigenvalue weighted by Crippen LogP contribution is -2.04. The summed E-state index contributed by atoms with van der Waals surface area (Å²) in [6, 6.07) is 8.24. The van der Waals surface area contributed by atoms with Crippen molar-refractivity contribution < 1.29 is 0 Å². The van der Waals surface area contributed by atoms with Crippen molar-refractivity contribution in [3.63, 3.8) is 0 Å². The number of hydrogen-bond acceptors (Lipinski definition) is 3. The normalized spacial score (nSPS) is 14.8. The molecule has 0 bridgehead atoms. The van der Waals surface area contributed by atoms with Crippen LogP contribution in [0.15, 0.2) is 36.7 Å². The van der Waals surface area contributed by atoms with Crippen LogP contribution in [0.5, 0.6) is 0 Å². The molecule has 0 amide bonds. The molecule has 2 aromatic heterocycles. The molecule has 100 valence electrons. The van der Waals surface area contributed by atoms with Gasteiger partial charge < -0.3 is 5.73 Å². The first-order valence-corrected chi connectivity index (χ1v) is 6.92. The standard InChI is InChI=1S/C16H16N4/c1-10-8-18-16(19-9-10)20-14-5-4-13(17)6-12(14)7-15(20)11-2-3-11/h4-9,11H,2-3,17H2,1H3. The minimum Gasteiger partial charge on any atom is -0.399 e. The van der Waals surface area contributed by atoms with Crippen LogP contribution in [0, 0.1) is 6.92 Å². The van der Waals surface area contributed by atoms with Crippen molar-refractivity contribution in [3.05, 3.63) is 47.9 Å². The van der Waals surface area contributed by atoms with Gasteiger partial charge in [0.25, 0.3) is 0 Å². The molecule has 0 aliphatic heterocycles. The predicted octanol–water partition coefficient (Wildman–Crippen LogP) is 3.19. The Kier molecular flexibility index (Phi) is 2.33. The molecular weight excluding hydrogens is 248 g/mol. The summed E-state index contributed by atoms with van der Waals surface area (Å²) in [5.74, 6) is 1.38. The van der Waals surface area contributed by atoms with Gasteiger partial charge in [-0.05, 0) is 55.5 Å². The van der Waals surface area contributed by atoms with E-state index in [1.54, 1.807) is 0 Å². The van der Waals surface area contributed by atoms with Gasteiger partial charge in [0.2, 0.25) is 5.95 Å². The first-order valence-electron chi connectivity index (χ1n) is 6.92. The van der Waals surface area contributed by atoms with Gasteiger partial charge in [-0.3, -0.25) is 4.57 Å². The van der Waals surface area contributed by atoms with E-state index < -0.39 is 0 Å². The lowest BCUT2D eigenvalue weighted by atomic mass is 10.2. The van der Waals surface area contributed by atoms with Gasteiger partial charge in [-0.1, -0.05) is 0 Å². The maximum atomic E-state index is 5.89. The fraction of sp³-hybridized carbons (Fsp3) is 0.250. The summed E-state index contributed by atoms with van der Waals surface area (Å²) in [6.45, 7) is 2.00. The Bertz CT molecular complexity index is 782. The minimum absolute atomic E-state index is 0.633. The summed E-state index contributed by atoms with van der Waals surface area (Å²) in [4.78, 5) is 8.97. The Morgan fingerprint density at radius 3 is 2.60 bits per heavy atom. The highest BCUT2D eigenvalue weighted by Gasteiger charge is 2.29. The van der Waals surface area contributed by atoms with E-state index in [0.717, 1.165) is 28.1 Å². The quantitative estimate of drug-likeness (QED) is 0.723. The maximum absolute atomic E-state index is 5.89. The Balaban J connectivity index is 2.00. The van der Waals surface area contributed by atoms with Gasteiger partial charge in [-0.25, -0.2) is 9.97 Å². The van der Waals surface area contributed by atoms with Crippen molar-refractivity contribution in [2.24, 2.45) is 0 Å². The van der Waals surface area contributed by atoms with Gasteiger partial charge in [-0.15, -0.1) is 0 Å². The number of nitrogen functional groups attached to an aromatic ring is 1. The molecule has 0 saturated heterocycles. The average Bonchev–Trinajstić information content (AvgIpc) is 3.21. The number of hydrogen-bond donors (Lipinski definition) is 1. The van der Waals surface area contributed by atoms with Gasteiger partial charge in [0.15, 0.2) is 0 Å². The Hall–Kier alpha value is -2.36. The zero-order valence-corrected chi connectivity index (χ0v) is 11.4. The molecule has 1 fully saturated rings. The molecule has 0 unspecified atom stereocenters. The van der Waals surface area contributed by atoms with Crippen LogP contribution >= 0.6 is 0 Å². The number of anilines is 1. The summed E-state index contributed by atoms with van der Waals surface area (Å²) in [7, 11) is 0. The van der Waals surface area contributed by atoms with Crippen LogP contribution in [0.25, 0.3) is 16.9 Å². The zero-order chi connectivity index (χ0) is 13.7. The molecule has 4 rings (SSSR count). The van der Waals surface area contributed by atoms with E-state index in [1.807, 2.05) is 31.5 Å². The Morgan fingerprint density at radius 1 is 1.15 bits per heavy atom. The van der Waals surface area contributed by atoms with E-state index in [9.17, 15) is 0 Å². The monoisotopic (exact) mass is 264 g/mol. The van der Waals surface area contributed by atoms with Crippen LogP contribution in [0.4, 0.5) is 5.69 Å². The van der Waals surface area contributed by atoms with Gasteiger partial charge >= 0.3 is 0 Å². The van der Waals surface area contributed by atoms with Crippen molar-refractivity contribution in [1.29, 1.82) is 0 Å². The van der Waals surface area contributed by atoms with Crippen LogP contribution in [-0.2, 0) is 0 Å². The number of aromatic nitrogens is 3. The van der Waals surface area contributed by atoms with Crippen LogP contribution in [0.3, 0.4) is 0 Å². The van der Waals surface area contributed by atoms with Crippen molar-refractivity contribution in [2.75, 3.05) is 5.73 Å². The summed E-state index contributed by atoms with van der Waals surface area (Å²) in [6.07, 6.45) is 6.22. The Labute approximate surface area is 117 Å². The van der Waals surface area contributed by atoms with E-state index >= 15 is 0 Å². The molecule has 1 aliphatic rings. The third kappa shape index (κ3) is 1.76. The average molecular weight is 264 g/mol. The number of aryl methyl sites for hydroxylation is 1. The summed E-state index contributed by atoms with van der Waals surface area (Å²) >= 11 is 0. The molecule has 2 N–H and O–H groups in total. The molecule has 4 heteroatoms. The van der Waals surface area contributed by atoms with E-state index in [4.69, 9.17) is 5.73 Å². The second kappa shape index (κ2) is 4.07. The maximum Gasteiger partial charge on any atom is 0.234 e. The molecule has 0 spiro atoms. The molecule has 1 aromatic carbocycles. The predicted molar refractivity (Wildman–Crippen MR) is 80.0 cm³/mol. The first kappa shape index (κ1) is 11.5. The van der Waals surface area contributed by atoms with Crippen molar-refractivity contribution in [3.8, 4) is 5.95 Å². The lowest BCUT2D eigenvalue weighted by molar-refractivity contribution is 0.875. The highest BCUT2D eigenvalue weighted by atomic mass is 15.2. The van der Waals surface area contributed by atoms with Crippen LogP contribution in [0.1, 0.15) is 30.0 Å². The number of rotatable bonds is 2. The molecule has 20 heavy (non-hydrogen) atoms. The zero-order valence-electron chi connectivity index (χ0n) is 11.4. The summed E-state index contributed by atoms with van der Waals surface area (Å²) in [5.41, 5.74) is 10.2. The second-order valence-corrected chi connectivity index (χ2v) is 5.56. The second-order valence-electron chi connectivity index (χ2n) is 5.56. The molecule has 1 saturated carbocycles. The van der Waals surface area contributed by atoms with Gasteiger partial charge in [0.1, 0.15) is 0 Å².